The Morgan fingerprint density at radius 3 is 2.67 bits per heavy atom. The molecule has 4 N–H and O–H groups in total. The summed E-state index contributed by atoms with van der Waals surface area (Å²) < 4.78 is 1.13. The van der Waals surface area contributed by atoms with Gasteiger partial charge in [-0.2, -0.15) is 5.10 Å². The van der Waals surface area contributed by atoms with Gasteiger partial charge in [0.25, 0.3) is 0 Å². The molecule has 0 aliphatic rings. The molecule has 3 rings (SSSR count). The largest absolute Gasteiger partial charge is 0.383 e. The van der Waals surface area contributed by atoms with Gasteiger partial charge in [0.2, 0.25) is 0 Å². The second-order valence-electron chi connectivity index (χ2n) is 6.38. The van der Waals surface area contributed by atoms with Crippen LogP contribution in [0.5, 0.6) is 0 Å². The minimum Gasteiger partial charge on any atom is -0.383 e. The molecule has 0 aromatic carbocycles. The summed E-state index contributed by atoms with van der Waals surface area (Å²) >= 11 is 4.78. The lowest BCUT2D eigenvalue weighted by Gasteiger charge is -2.13. The highest BCUT2D eigenvalue weighted by Crippen LogP contribution is 2.40. The predicted molar refractivity (Wildman–Crippen MR) is 105 cm³/mol. The van der Waals surface area contributed by atoms with E-state index in [1.807, 2.05) is 17.7 Å². The summed E-state index contributed by atoms with van der Waals surface area (Å²) in [6.45, 7) is 6.41. The lowest BCUT2D eigenvalue weighted by molar-refractivity contribution is 0.567. The Labute approximate surface area is 153 Å². The van der Waals surface area contributed by atoms with E-state index in [2.05, 4.69) is 37.0 Å². The number of aromatic amines is 1. The Balaban J connectivity index is 1.96. The average molecular weight is 378 g/mol. The Bertz CT molecular complexity index is 882. The average Bonchev–Trinajstić information content (AvgIpc) is 3.23. The molecule has 3 heterocycles. The minimum atomic E-state index is 0.00334. The molecule has 0 aliphatic carbocycles. The predicted octanol–water partition coefficient (Wildman–Crippen LogP) is 4.57. The van der Waals surface area contributed by atoms with E-state index in [4.69, 9.17) is 16.1 Å². The van der Waals surface area contributed by atoms with E-state index in [0.29, 0.717) is 0 Å². The molecule has 24 heavy (non-hydrogen) atoms. The molecule has 0 bridgehead atoms. The van der Waals surface area contributed by atoms with Crippen LogP contribution in [-0.2, 0) is 5.41 Å². The van der Waals surface area contributed by atoms with Gasteiger partial charge in [-0.25, -0.2) is 4.98 Å². The number of thiophene rings is 1. The molecular formula is C16H19N5S3. The summed E-state index contributed by atoms with van der Waals surface area (Å²) in [4.78, 5) is 5.54. The number of amidine groups is 1. The van der Waals surface area contributed by atoms with Gasteiger partial charge in [0, 0.05) is 16.4 Å². The standard InChI is InChI=1S/C16H19N5S3/c1-16(2,3)12-6-9(20-21-12)10-7-23-14(19-10)8-5-11(13(17)18)24-15(8)22-4/h5-7H,1-4H3,(H3,17,18)(H,20,21). The number of nitrogens with two attached hydrogens (primary N) is 1. The fourth-order valence-corrected chi connectivity index (χ4v) is 4.87. The molecule has 0 unspecified atom stereocenters. The molecule has 0 atom stereocenters. The van der Waals surface area contributed by atoms with Crippen LogP contribution < -0.4 is 5.73 Å². The van der Waals surface area contributed by atoms with Crippen molar-refractivity contribution in [1.82, 2.24) is 15.2 Å². The molecule has 126 valence electrons. The minimum absolute atomic E-state index is 0.00334. The molecular weight excluding hydrogens is 358 g/mol. The highest BCUT2D eigenvalue weighted by Gasteiger charge is 2.20. The lowest BCUT2D eigenvalue weighted by Crippen LogP contribution is -2.11. The first-order chi connectivity index (χ1) is 11.3. The summed E-state index contributed by atoms with van der Waals surface area (Å²) in [7, 11) is 0. The lowest BCUT2D eigenvalue weighted by atomic mass is 9.92. The summed E-state index contributed by atoms with van der Waals surface area (Å²) in [5.41, 5.74) is 9.51. The number of rotatable bonds is 4. The third-order valence-electron chi connectivity index (χ3n) is 3.51. The fourth-order valence-electron chi connectivity index (χ4n) is 2.17. The van der Waals surface area contributed by atoms with Crippen molar-refractivity contribution in [1.29, 1.82) is 5.41 Å². The monoisotopic (exact) mass is 377 g/mol. The van der Waals surface area contributed by atoms with Gasteiger partial charge in [0.15, 0.2) is 0 Å². The van der Waals surface area contributed by atoms with Crippen LogP contribution in [0, 0.1) is 5.41 Å². The number of aromatic nitrogens is 3. The van der Waals surface area contributed by atoms with Gasteiger partial charge in [-0.15, -0.1) is 34.4 Å². The quantitative estimate of drug-likeness (QED) is 0.353. The van der Waals surface area contributed by atoms with Gasteiger partial charge in [0.1, 0.15) is 10.8 Å². The maximum absolute atomic E-state index is 7.63. The zero-order chi connectivity index (χ0) is 17.5. The molecule has 3 aromatic heterocycles. The Morgan fingerprint density at radius 1 is 1.33 bits per heavy atom. The topological polar surface area (TPSA) is 91.4 Å². The molecule has 0 radical (unpaired) electrons. The third kappa shape index (κ3) is 3.26. The number of hydrogen-bond acceptors (Lipinski definition) is 6. The van der Waals surface area contributed by atoms with Crippen LogP contribution in [0.4, 0.5) is 0 Å². The second kappa shape index (κ2) is 6.34. The summed E-state index contributed by atoms with van der Waals surface area (Å²) in [5.74, 6) is 0.0988. The van der Waals surface area contributed by atoms with E-state index >= 15 is 0 Å². The van der Waals surface area contributed by atoms with Crippen LogP contribution in [0.25, 0.3) is 22.0 Å². The molecule has 0 fully saturated rings. The number of nitrogens with zero attached hydrogens (tertiary/aromatic N) is 2. The van der Waals surface area contributed by atoms with Gasteiger partial charge in [-0.1, -0.05) is 20.8 Å². The molecule has 0 amide bonds. The molecule has 5 nitrogen and oxygen atoms in total. The number of thiazole rings is 1. The first-order valence-electron chi connectivity index (χ1n) is 7.34. The van der Waals surface area contributed by atoms with Crippen molar-refractivity contribution < 1.29 is 0 Å². The second-order valence-corrected chi connectivity index (χ2v) is 9.37. The molecule has 0 saturated heterocycles. The van der Waals surface area contributed by atoms with E-state index < -0.39 is 0 Å². The van der Waals surface area contributed by atoms with Gasteiger partial charge >= 0.3 is 0 Å². The highest BCUT2D eigenvalue weighted by molar-refractivity contribution is 8.00. The molecule has 3 aromatic rings. The molecule has 0 saturated carbocycles. The van der Waals surface area contributed by atoms with Crippen LogP contribution in [-0.4, -0.2) is 27.3 Å². The Morgan fingerprint density at radius 2 is 2.08 bits per heavy atom. The number of hydrogen-bond donors (Lipinski definition) is 3. The van der Waals surface area contributed by atoms with E-state index in [1.165, 1.54) is 11.3 Å². The van der Waals surface area contributed by atoms with E-state index in [9.17, 15) is 0 Å². The van der Waals surface area contributed by atoms with Crippen molar-refractivity contribution in [2.24, 2.45) is 5.73 Å². The summed E-state index contributed by atoms with van der Waals surface area (Å²) in [6, 6.07) is 4.01. The zero-order valence-corrected chi connectivity index (χ0v) is 16.4. The summed E-state index contributed by atoms with van der Waals surface area (Å²) in [6.07, 6.45) is 2.03. The van der Waals surface area contributed by atoms with Crippen LogP contribution in [0.2, 0.25) is 0 Å². The first-order valence-corrected chi connectivity index (χ1v) is 10.3. The van der Waals surface area contributed by atoms with Crippen LogP contribution >= 0.6 is 34.4 Å². The van der Waals surface area contributed by atoms with Gasteiger partial charge in [-0.05, 0) is 18.4 Å². The van der Waals surface area contributed by atoms with Crippen molar-refractivity contribution >= 4 is 40.3 Å². The van der Waals surface area contributed by atoms with E-state index in [0.717, 1.165) is 36.7 Å². The SMILES string of the molecule is CSc1sc(C(=N)N)cc1-c1nc(-c2cc(C(C)(C)C)n[nH]2)cs1. The van der Waals surface area contributed by atoms with Crippen molar-refractivity contribution in [3.63, 3.8) is 0 Å². The third-order valence-corrected chi connectivity index (χ3v) is 6.68. The number of nitrogen functional groups attached to an aromatic ring is 1. The van der Waals surface area contributed by atoms with Crippen molar-refractivity contribution in [3.05, 3.63) is 28.1 Å². The number of nitrogens with one attached hydrogen (secondary N) is 2. The normalized spacial score (nSPS) is 11.8. The van der Waals surface area contributed by atoms with Crippen molar-refractivity contribution in [2.75, 3.05) is 6.26 Å². The Kier molecular flexibility index (Phi) is 4.54. The smallest absolute Gasteiger partial charge is 0.133 e. The first kappa shape index (κ1) is 17.2. The number of thioether (sulfide) groups is 1. The van der Waals surface area contributed by atoms with E-state index in [1.54, 1.807) is 23.1 Å². The van der Waals surface area contributed by atoms with Gasteiger partial charge in [0.05, 0.1) is 26.2 Å². The van der Waals surface area contributed by atoms with Crippen LogP contribution in [0.3, 0.4) is 0 Å². The van der Waals surface area contributed by atoms with E-state index in [-0.39, 0.29) is 11.3 Å². The van der Waals surface area contributed by atoms with Crippen molar-refractivity contribution in [3.8, 4) is 22.0 Å². The Hall–Kier alpha value is -1.64. The van der Waals surface area contributed by atoms with Gasteiger partial charge < -0.3 is 5.73 Å². The molecule has 0 spiro atoms. The van der Waals surface area contributed by atoms with Gasteiger partial charge in [-0.3, -0.25) is 10.5 Å². The molecule has 8 heteroatoms. The van der Waals surface area contributed by atoms with Crippen LogP contribution in [0.1, 0.15) is 31.3 Å². The maximum atomic E-state index is 7.63. The van der Waals surface area contributed by atoms with Crippen molar-refractivity contribution in [2.45, 2.75) is 30.4 Å². The molecule has 0 aliphatic heterocycles. The maximum Gasteiger partial charge on any atom is 0.133 e. The zero-order valence-electron chi connectivity index (χ0n) is 13.9. The highest BCUT2D eigenvalue weighted by atomic mass is 32.2. The number of H-pyrrole nitrogens is 1. The summed E-state index contributed by atoms with van der Waals surface area (Å²) in [5, 5.41) is 18.1. The fraction of sp³-hybridized carbons (Fsp3) is 0.312. The van der Waals surface area contributed by atoms with Crippen LogP contribution in [0.15, 0.2) is 21.7 Å².